The van der Waals surface area contributed by atoms with Gasteiger partial charge in [0, 0.05) is 35.6 Å². The van der Waals surface area contributed by atoms with Crippen LogP contribution in [0.4, 0.5) is 0 Å². The molecular formula is C20H21N7O. The lowest BCUT2D eigenvalue weighted by molar-refractivity contribution is 0.0918. The quantitative estimate of drug-likeness (QED) is 0.572. The van der Waals surface area contributed by atoms with E-state index >= 15 is 0 Å². The van der Waals surface area contributed by atoms with Crippen LogP contribution in [-0.4, -0.2) is 61.6 Å². The highest BCUT2D eigenvalue weighted by atomic mass is 16.1. The predicted molar refractivity (Wildman–Crippen MR) is 106 cm³/mol. The predicted octanol–water partition coefficient (Wildman–Crippen LogP) is 2.10. The third kappa shape index (κ3) is 2.91. The van der Waals surface area contributed by atoms with Crippen LogP contribution < -0.4 is 5.32 Å². The second-order valence-corrected chi connectivity index (χ2v) is 7.34. The number of fused-ring (bicyclic) bond motifs is 2. The van der Waals surface area contributed by atoms with Gasteiger partial charge in [-0.2, -0.15) is 5.10 Å². The van der Waals surface area contributed by atoms with Crippen molar-refractivity contribution in [1.82, 2.24) is 34.8 Å². The average molecular weight is 375 g/mol. The fourth-order valence-corrected chi connectivity index (χ4v) is 3.84. The minimum Gasteiger partial charge on any atom is -0.349 e. The number of carbonyl (C=O) groups excluding carboxylic acids is 1. The summed E-state index contributed by atoms with van der Waals surface area (Å²) in [7, 11) is 2.11. The Morgan fingerprint density at radius 1 is 1.29 bits per heavy atom. The molecule has 0 aliphatic carbocycles. The monoisotopic (exact) mass is 375 g/mol. The Hall–Kier alpha value is -3.26. The molecule has 8 heteroatoms. The van der Waals surface area contributed by atoms with Crippen molar-refractivity contribution < 1.29 is 4.79 Å². The number of nitrogens with one attached hydrogen (secondary N) is 2. The van der Waals surface area contributed by atoms with Gasteiger partial charge in [0.05, 0.1) is 17.3 Å². The number of amides is 1. The molecule has 142 valence electrons. The number of hydrogen-bond donors (Lipinski definition) is 2. The number of hydrogen-bond acceptors (Lipinski definition) is 5. The van der Waals surface area contributed by atoms with E-state index in [4.69, 9.17) is 0 Å². The minimum absolute atomic E-state index is 0.0658. The minimum atomic E-state index is -0.0658. The van der Waals surface area contributed by atoms with Crippen LogP contribution in [0.3, 0.4) is 0 Å². The first-order chi connectivity index (χ1) is 13.7. The lowest BCUT2D eigenvalue weighted by Crippen LogP contribution is -2.43. The van der Waals surface area contributed by atoms with E-state index in [-0.39, 0.29) is 11.9 Å². The Morgan fingerprint density at radius 2 is 2.14 bits per heavy atom. The van der Waals surface area contributed by atoms with E-state index < -0.39 is 0 Å². The van der Waals surface area contributed by atoms with Gasteiger partial charge in [-0.1, -0.05) is 0 Å². The molecule has 1 saturated heterocycles. The highest BCUT2D eigenvalue weighted by Gasteiger charge is 2.21. The standard InChI is InChI=1S/C20H21N7O/c1-26-5-3-14(4-6-26)25-20(28)17-11-24-27-7-2-13(8-18(17)27)15-10-22-19-16(15)9-21-12-23-19/h2,7-12,14H,3-6H2,1H3,(H,25,28)(H,21,22,23). The van der Waals surface area contributed by atoms with Crippen molar-refractivity contribution in [2.24, 2.45) is 0 Å². The molecule has 0 atom stereocenters. The van der Waals surface area contributed by atoms with Crippen LogP contribution >= 0.6 is 0 Å². The largest absolute Gasteiger partial charge is 0.349 e. The molecule has 8 nitrogen and oxygen atoms in total. The molecule has 1 aliphatic heterocycles. The molecule has 5 heterocycles. The third-order valence-electron chi connectivity index (χ3n) is 5.49. The first kappa shape index (κ1) is 16.9. The molecule has 4 aromatic heterocycles. The topological polar surface area (TPSA) is 91.2 Å². The van der Waals surface area contributed by atoms with E-state index in [0.29, 0.717) is 5.56 Å². The van der Waals surface area contributed by atoms with Crippen molar-refractivity contribution in [1.29, 1.82) is 0 Å². The Morgan fingerprint density at radius 3 is 3.00 bits per heavy atom. The van der Waals surface area contributed by atoms with Gasteiger partial charge in [-0.25, -0.2) is 14.5 Å². The summed E-state index contributed by atoms with van der Waals surface area (Å²) in [6, 6.07) is 4.19. The average Bonchev–Trinajstić information content (AvgIpc) is 3.33. The van der Waals surface area contributed by atoms with Crippen molar-refractivity contribution in [3.05, 3.63) is 48.8 Å². The maximum absolute atomic E-state index is 12.9. The Labute approximate surface area is 161 Å². The molecule has 0 unspecified atom stereocenters. The van der Waals surface area contributed by atoms with E-state index in [1.165, 1.54) is 6.33 Å². The molecule has 0 spiro atoms. The highest BCUT2D eigenvalue weighted by molar-refractivity contribution is 6.02. The van der Waals surface area contributed by atoms with Crippen LogP contribution in [0.15, 0.2) is 43.2 Å². The maximum atomic E-state index is 12.9. The van der Waals surface area contributed by atoms with Crippen molar-refractivity contribution in [3.8, 4) is 11.1 Å². The van der Waals surface area contributed by atoms with Crippen LogP contribution in [0.5, 0.6) is 0 Å². The number of rotatable bonds is 3. The van der Waals surface area contributed by atoms with Crippen molar-refractivity contribution in [2.75, 3.05) is 20.1 Å². The SMILES string of the molecule is CN1CCC(NC(=O)c2cnn3ccc(-c4c[nH]c5ncncc45)cc23)CC1. The van der Waals surface area contributed by atoms with Crippen LogP contribution in [0.25, 0.3) is 27.7 Å². The van der Waals surface area contributed by atoms with Gasteiger partial charge in [0.15, 0.2) is 0 Å². The highest BCUT2D eigenvalue weighted by Crippen LogP contribution is 2.28. The second kappa shape index (κ2) is 6.72. The van der Waals surface area contributed by atoms with Crippen LogP contribution in [0.2, 0.25) is 0 Å². The number of likely N-dealkylation sites (tertiary alicyclic amines) is 1. The van der Waals surface area contributed by atoms with Gasteiger partial charge in [-0.15, -0.1) is 0 Å². The summed E-state index contributed by atoms with van der Waals surface area (Å²) in [6.45, 7) is 2.01. The summed E-state index contributed by atoms with van der Waals surface area (Å²) < 4.78 is 1.73. The number of H-pyrrole nitrogens is 1. The lowest BCUT2D eigenvalue weighted by Gasteiger charge is -2.29. The number of carbonyl (C=O) groups is 1. The molecule has 0 aromatic carbocycles. The normalized spacial score (nSPS) is 16.0. The maximum Gasteiger partial charge on any atom is 0.255 e. The van der Waals surface area contributed by atoms with E-state index in [1.54, 1.807) is 16.9 Å². The Bertz CT molecular complexity index is 1150. The summed E-state index contributed by atoms with van der Waals surface area (Å²) in [6.07, 6.45) is 10.7. The molecule has 0 radical (unpaired) electrons. The van der Waals surface area contributed by atoms with Gasteiger partial charge in [-0.3, -0.25) is 4.79 Å². The molecule has 0 saturated carbocycles. The fraction of sp³-hybridized carbons (Fsp3) is 0.300. The smallest absolute Gasteiger partial charge is 0.255 e. The molecule has 4 aromatic rings. The number of aromatic amines is 1. The van der Waals surface area contributed by atoms with Crippen LogP contribution in [-0.2, 0) is 0 Å². The molecule has 1 amide bonds. The van der Waals surface area contributed by atoms with Crippen LogP contribution in [0.1, 0.15) is 23.2 Å². The summed E-state index contributed by atoms with van der Waals surface area (Å²) in [5.74, 6) is -0.0658. The first-order valence-electron chi connectivity index (χ1n) is 9.43. The molecular weight excluding hydrogens is 354 g/mol. The molecule has 0 bridgehead atoms. The van der Waals surface area contributed by atoms with Gasteiger partial charge < -0.3 is 15.2 Å². The second-order valence-electron chi connectivity index (χ2n) is 7.34. The van der Waals surface area contributed by atoms with E-state index in [2.05, 4.69) is 37.3 Å². The lowest BCUT2D eigenvalue weighted by atomic mass is 10.0. The van der Waals surface area contributed by atoms with Gasteiger partial charge in [-0.05, 0) is 50.7 Å². The number of aromatic nitrogens is 5. The van der Waals surface area contributed by atoms with Gasteiger partial charge in [0.2, 0.25) is 0 Å². The zero-order valence-corrected chi connectivity index (χ0v) is 15.6. The molecule has 1 aliphatic rings. The van der Waals surface area contributed by atoms with Crippen molar-refractivity contribution in [3.63, 3.8) is 0 Å². The van der Waals surface area contributed by atoms with Gasteiger partial charge >= 0.3 is 0 Å². The van der Waals surface area contributed by atoms with Crippen molar-refractivity contribution in [2.45, 2.75) is 18.9 Å². The van der Waals surface area contributed by atoms with Gasteiger partial charge in [0.25, 0.3) is 5.91 Å². The number of piperidine rings is 1. The Kier molecular flexibility index (Phi) is 4.05. The van der Waals surface area contributed by atoms with Crippen molar-refractivity contribution >= 4 is 22.5 Å². The number of nitrogens with zero attached hydrogens (tertiary/aromatic N) is 5. The first-order valence-corrected chi connectivity index (χ1v) is 9.43. The molecule has 5 rings (SSSR count). The summed E-state index contributed by atoms with van der Waals surface area (Å²) in [4.78, 5) is 26.7. The zero-order chi connectivity index (χ0) is 19.1. The van der Waals surface area contributed by atoms with E-state index in [0.717, 1.165) is 53.6 Å². The molecule has 28 heavy (non-hydrogen) atoms. The molecule has 2 N–H and O–H groups in total. The summed E-state index contributed by atoms with van der Waals surface area (Å²) in [5, 5.41) is 8.47. The van der Waals surface area contributed by atoms with E-state index in [9.17, 15) is 4.79 Å². The zero-order valence-electron chi connectivity index (χ0n) is 15.6. The van der Waals surface area contributed by atoms with Crippen LogP contribution in [0, 0.1) is 0 Å². The summed E-state index contributed by atoms with van der Waals surface area (Å²) >= 11 is 0. The fourth-order valence-electron chi connectivity index (χ4n) is 3.84. The van der Waals surface area contributed by atoms with Gasteiger partial charge in [0.1, 0.15) is 12.0 Å². The van der Waals surface area contributed by atoms with E-state index in [1.807, 2.05) is 24.5 Å². The number of pyridine rings is 1. The summed E-state index contributed by atoms with van der Waals surface area (Å²) in [5.41, 5.74) is 4.16. The Balaban J connectivity index is 1.47. The third-order valence-corrected chi connectivity index (χ3v) is 5.49. The molecule has 1 fully saturated rings.